The van der Waals surface area contributed by atoms with E-state index in [0.29, 0.717) is 18.4 Å². The van der Waals surface area contributed by atoms with Gasteiger partial charge >= 0.3 is 5.51 Å². The van der Waals surface area contributed by atoms with Gasteiger partial charge in [0.15, 0.2) is 5.78 Å². The van der Waals surface area contributed by atoms with E-state index in [0.717, 1.165) is 17.2 Å². The molecule has 2 aromatic rings. The normalized spacial score (nSPS) is 12.6. The number of allylic oxidation sites excluding steroid dienone is 2. The summed E-state index contributed by atoms with van der Waals surface area (Å²) in [6, 6.07) is 14.7. The SMILES string of the molecule is CCCC/C(C#N)=C(/CCC(=O)c1ccc2ccccc2c1)SC(F)(F)F. The molecule has 2 rings (SSSR count). The van der Waals surface area contributed by atoms with E-state index in [-0.39, 0.29) is 40.9 Å². The molecule has 0 N–H and O–H groups in total. The Kier molecular flexibility index (Phi) is 7.49. The Hall–Kier alpha value is -2.26. The summed E-state index contributed by atoms with van der Waals surface area (Å²) in [5, 5.41) is 11.1. The van der Waals surface area contributed by atoms with Gasteiger partial charge in [-0.05, 0) is 47.9 Å². The predicted octanol–water partition coefficient (Wildman–Crippen LogP) is 7.02. The van der Waals surface area contributed by atoms with Gasteiger partial charge in [0.25, 0.3) is 0 Å². The standard InChI is InChI=1S/C21H20F3NOS/c1-2-3-6-18(14-25)20(27-21(22,23)24)12-11-19(26)17-10-9-15-7-4-5-8-16(15)13-17/h4-5,7-10,13H,2-3,6,11-12H2,1H3/b20-18+. The number of Topliss-reactive ketones (excluding diaryl/α,β-unsaturated/α-hetero) is 1. The van der Waals surface area contributed by atoms with Crippen LogP contribution < -0.4 is 0 Å². The molecular weight excluding hydrogens is 371 g/mol. The number of alkyl halides is 3. The molecule has 0 radical (unpaired) electrons. The Morgan fingerprint density at radius 2 is 1.78 bits per heavy atom. The third kappa shape index (κ3) is 6.44. The minimum absolute atomic E-state index is 0.0485. The molecule has 0 unspecified atom stereocenters. The van der Waals surface area contributed by atoms with Crippen molar-refractivity contribution in [2.45, 2.75) is 44.5 Å². The van der Waals surface area contributed by atoms with Crippen molar-refractivity contribution in [3.8, 4) is 6.07 Å². The molecule has 0 aliphatic heterocycles. The second-order valence-electron chi connectivity index (χ2n) is 6.15. The Morgan fingerprint density at radius 3 is 2.41 bits per heavy atom. The summed E-state index contributed by atoms with van der Waals surface area (Å²) in [7, 11) is 0. The van der Waals surface area contributed by atoms with E-state index < -0.39 is 5.51 Å². The van der Waals surface area contributed by atoms with E-state index in [4.69, 9.17) is 0 Å². The van der Waals surface area contributed by atoms with Crippen molar-refractivity contribution in [3.05, 3.63) is 58.5 Å². The van der Waals surface area contributed by atoms with E-state index in [1.807, 2.05) is 43.3 Å². The molecule has 0 saturated heterocycles. The fraction of sp³-hybridized carbons (Fsp3) is 0.333. The molecule has 2 nitrogen and oxygen atoms in total. The van der Waals surface area contributed by atoms with Crippen LogP contribution in [0, 0.1) is 11.3 Å². The summed E-state index contributed by atoms with van der Waals surface area (Å²) in [6.45, 7) is 1.91. The number of rotatable bonds is 8. The molecule has 0 aromatic heterocycles. The molecule has 0 aliphatic carbocycles. The maximum absolute atomic E-state index is 12.9. The maximum atomic E-state index is 12.9. The van der Waals surface area contributed by atoms with Gasteiger partial charge in [-0.15, -0.1) is 0 Å². The van der Waals surface area contributed by atoms with E-state index >= 15 is 0 Å². The average molecular weight is 391 g/mol. The smallest absolute Gasteiger partial charge is 0.294 e. The lowest BCUT2D eigenvalue weighted by Gasteiger charge is -2.12. The number of ketones is 1. The van der Waals surface area contributed by atoms with Crippen LogP contribution in [0.15, 0.2) is 52.9 Å². The molecule has 0 spiro atoms. The van der Waals surface area contributed by atoms with Crippen molar-refractivity contribution in [3.63, 3.8) is 0 Å². The number of carbonyl (C=O) groups excluding carboxylic acids is 1. The second kappa shape index (κ2) is 9.61. The molecule has 0 atom stereocenters. The molecule has 0 saturated carbocycles. The van der Waals surface area contributed by atoms with Crippen molar-refractivity contribution in [2.24, 2.45) is 0 Å². The highest BCUT2D eigenvalue weighted by Gasteiger charge is 2.31. The summed E-state index contributed by atoms with van der Waals surface area (Å²) in [6.07, 6.45) is 1.58. The number of unbranched alkanes of at least 4 members (excludes halogenated alkanes) is 1. The molecule has 0 heterocycles. The number of carbonyl (C=O) groups is 1. The monoisotopic (exact) mass is 391 g/mol. The number of hydrogen-bond acceptors (Lipinski definition) is 3. The lowest BCUT2D eigenvalue weighted by molar-refractivity contribution is -0.0322. The van der Waals surface area contributed by atoms with E-state index in [9.17, 15) is 23.2 Å². The van der Waals surface area contributed by atoms with Gasteiger partial charge in [0.05, 0.1) is 6.07 Å². The maximum Gasteiger partial charge on any atom is 0.446 e. The quantitative estimate of drug-likeness (QED) is 0.358. The fourth-order valence-electron chi connectivity index (χ4n) is 2.75. The summed E-state index contributed by atoms with van der Waals surface area (Å²) in [5.74, 6) is -0.228. The molecule has 27 heavy (non-hydrogen) atoms. The number of thioether (sulfide) groups is 1. The highest BCUT2D eigenvalue weighted by molar-refractivity contribution is 8.03. The molecule has 0 bridgehead atoms. The minimum Gasteiger partial charge on any atom is -0.294 e. The van der Waals surface area contributed by atoms with Crippen molar-refractivity contribution in [1.82, 2.24) is 0 Å². The Morgan fingerprint density at radius 1 is 1.07 bits per heavy atom. The van der Waals surface area contributed by atoms with Crippen molar-refractivity contribution >= 4 is 28.3 Å². The summed E-state index contributed by atoms with van der Waals surface area (Å²) in [4.78, 5) is 12.4. The largest absolute Gasteiger partial charge is 0.446 e. The highest BCUT2D eigenvalue weighted by Crippen LogP contribution is 2.40. The van der Waals surface area contributed by atoms with Crippen LogP contribution in [0.4, 0.5) is 13.2 Å². The third-order valence-corrected chi connectivity index (χ3v) is 5.07. The van der Waals surface area contributed by atoms with Crippen LogP contribution in [-0.4, -0.2) is 11.3 Å². The lowest BCUT2D eigenvalue weighted by Crippen LogP contribution is -2.05. The van der Waals surface area contributed by atoms with Crippen LogP contribution in [0.25, 0.3) is 10.8 Å². The van der Waals surface area contributed by atoms with Crippen LogP contribution in [0.5, 0.6) is 0 Å². The number of fused-ring (bicyclic) bond motifs is 1. The van der Waals surface area contributed by atoms with Crippen molar-refractivity contribution in [1.29, 1.82) is 5.26 Å². The number of halogens is 3. The minimum atomic E-state index is -4.48. The predicted molar refractivity (Wildman–Crippen MR) is 103 cm³/mol. The topological polar surface area (TPSA) is 40.9 Å². The highest BCUT2D eigenvalue weighted by atomic mass is 32.2. The molecule has 0 aliphatic rings. The fourth-order valence-corrected chi connectivity index (χ4v) is 3.50. The third-order valence-electron chi connectivity index (χ3n) is 4.14. The van der Waals surface area contributed by atoms with E-state index in [2.05, 4.69) is 0 Å². The molecule has 0 fully saturated rings. The van der Waals surface area contributed by atoms with Gasteiger partial charge in [-0.1, -0.05) is 49.7 Å². The van der Waals surface area contributed by atoms with E-state index in [1.54, 1.807) is 12.1 Å². The Labute approximate surface area is 161 Å². The van der Waals surface area contributed by atoms with Gasteiger partial charge in [0, 0.05) is 22.5 Å². The van der Waals surface area contributed by atoms with Crippen molar-refractivity contribution in [2.75, 3.05) is 0 Å². The van der Waals surface area contributed by atoms with Gasteiger partial charge in [-0.3, -0.25) is 4.79 Å². The summed E-state index contributed by atoms with van der Waals surface area (Å²) in [5.41, 5.74) is -3.88. The van der Waals surface area contributed by atoms with Crippen LogP contribution in [0.3, 0.4) is 0 Å². The first kappa shape index (κ1) is 21.0. The van der Waals surface area contributed by atoms with Crippen LogP contribution >= 0.6 is 11.8 Å². The molecule has 6 heteroatoms. The molecule has 2 aromatic carbocycles. The van der Waals surface area contributed by atoms with Gasteiger partial charge in [-0.2, -0.15) is 18.4 Å². The molecule has 0 amide bonds. The van der Waals surface area contributed by atoms with Crippen LogP contribution in [0.1, 0.15) is 49.4 Å². The first-order chi connectivity index (χ1) is 12.8. The van der Waals surface area contributed by atoms with Crippen LogP contribution in [-0.2, 0) is 0 Å². The average Bonchev–Trinajstić information content (AvgIpc) is 2.64. The first-order valence-corrected chi connectivity index (χ1v) is 9.55. The van der Waals surface area contributed by atoms with Crippen LogP contribution in [0.2, 0.25) is 0 Å². The van der Waals surface area contributed by atoms with Gasteiger partial charge < -0.3 is 0 Å². The Balaban J connectivity index is 2.17. The zero-order valence-corrected chi connectivity index (χ0v) is 15.8. The summed E-state index contributed by atoms with van der Waals surface area (Å²) >= 11 is -0.270. The lowest BCUT2D eigenvalue weighted by atomic mass is 10.0. The zero-order valence-electron chi connectivity index (χ0n) is 15.0. The number of hydrogen-bond donors (Lipinski definition) is 0. The number of nitrogens with zero attached hydrogens (tertiary/aromatic N) is 1. The number of benzene rings is 2. The number of nitriles is 1. The molecule has 142 valence electrons. The molecular formula is C21H20F3NOS. The van der Waals surface area contributed by atoms with E-state index in [1.165, 1.54) is 0 Å². The van der Waals surface area contributed by atoms with Gasteiger partial charge in [-0.25, -0.2) is 0 Å². The summed E-state index contributed by atoms with van der Waals surface area (Å²) < 4.78 is 38.6. The Bertz CT molecular complexity index is 881. The second-order valence-corrected chi connectivity index (χ2v) is 7.31. The zero-order chi connectivity index (χ0) is 19.9. The first-order valence-electron chi connectivity index (χ1n) is 8.74. The van der Waals surface area contributed by atoms with Gasteiger partial charge in [0.1, 0.15) is 0 Å². The van der Waals surface area contributed by atoms with Crippen molar-refractivity contribution < 1.29 is 18.0 Å². The van der Waals surface area contributed by atoms with Gasteiger partial charge in [0.2, 0.25) is 0 Å².